The third-order valence-electron chi connectivity index (χ3n) is 5.95. The average molecular weight is 718 g/mol. The Hall–Kier alpha value is -5.52. The molecule has 0 bridgehead atoms. The van der Waals surface area contributed by atoms with E-state index in [0.29, 0.717) is 18.2 Å². The molecule has 7 N–H and O–H groups in total. The number of anilines is 3. The van der Waals surface area contributed by atoms with E-state index in [4.69, 9.17) is 20.8 Å². The highest BCUT2D eigenvalue weighted by Crippen LogP contribution is 2.45. The Bertz CT molecular complexity index is 2120. The fourth-order valence-electron chi connectivity index (χ4n) is 3.78. The zero-order valence-electron chi connectivity index (χ0n) is 24.4. The van der Waals surface area contributed by atoms with Gasteiger partial charge < -0.3 is 26.3 Å². The third kappa shape index (κ3) is 8.24. The Morgan fingerprint density at radius 3 is 1.85 bits per heavy atom. The van der Waals surface area contributed by atoms with Gasteiger partial charge in [-0.2, -0.15) is 30.0 Å². The van der Waals surface area contributed by atoms with Crippen molar-refractivity contribution >= 4 is 77.9 Å². The second-order valence-electron chi connectivity index (χ2n) is 9.18. The lowest BCUT2D eigenvalue weighted by molar-refractivity contribution is -0.137. The molecule has 0 unspecified atom stereocenters. The van der Waals surface area contributed by atoms with Gasteiger partial charge >= 0.3 is 18.1 Å². The first-order valence-corrected chi connectivity index (χ1v) is 15.3. The molecule has 0 heterocycles. The van der Waals surface area contributed by atoms with Crippen LogP contribution in [0, 0.1) is 0 Å². The van der Waals surface area contributed by atoms with Crippen LogP contribution in [0.2, 0.25) is 0 Å². The molecule has 0 spiro atoms. The van der Waals surface area contributed by atoms with Crippen LogP contribution in [0.15, 0.2) is 66.6 Å². The van der Waals surface area contributed by atoms with Gasteiger partial charge in [0.05, 0.1) is 58.6 Å². The molecule has 23 heteroatoms. The normalized spacial score (nSPS) is 12.3. The van der Waals surface area contributed by atoms with Crippen LogP contribution in [0.25, 0.3) is 0 Å². The molecule has 0 saturated carbocycles. The number of ether oxygens (including phenoxy) is 2. The molecule has 0 aliphatic heterocycles. The topological polar surface area (TPSA) is 292 Å². The first-order valence-electron chi connectivity index (χ1n) is 12.4. The summed E-state index contributed by atoms with van der Waals surface area (Å²) in [6.07, 6.45) is -5.24. The van der Waals surface area contributed by atoms with Crippen LogP contribution in [-0.4, -0.2) is 58.0 Å². The van der Waals surface area contributed by atoms with E-state index >= 15 is 0 Å². The van der Waals surface area contributed by atoms with E-state index in [1.54, 1.807) is 0 Å². The van der Waals surface area contributed by atoms with E-state index in [2.05, 4.69) is 30.5 Å². The van der Waals surface area contributed by atoms with Crippen molar-refractivity contribution in [2.24, 2.45) is 20.5 Å². The maximum absolute atomic E-state index is 13.7. The second kappa shape index (κ2) is 13.7. The van der Waals surface area contributed by atoms with Gasteiger partial charge in [-0.05, 0) is 36.4 Å². The number of hydrogen-bond acceptors (Lipinski definition) is 15. The predicted molar refractivity (Wildman–Crippen MR) is 158 cm³/mol. The van der Waals surface area contributed by atoms with Crippen LogP contribution in [-0.2, 0) is 40.7 Å². The van der Waals surface area contributed by atoms with Gasteiger partial charge in [-0.25, -0.2) is 9.59 Å². The quantitative estimate of drug-likeness (QED) is 0.0867. The van der Waals surface area contributed by atoms with Gasteiger partial charge in [0.2, 0.25) is 5.91 Å². The minimum absolute atomic E-state index is 0.0589. The minimum atomic E-state index is -5.24. The molecule has 3 aromatic rings. The minimum Gasteiger partial charge on any atom is -0.465 e. The number of nitrogen functional groups attached to an aromatic ring is 2. The number of azo groups is 2. The average Bonchev–Trinajstić information content (AvgIpc) is 2.98. The zero-order chi connectivity index (χ0) is 36.4. The van der Waals surface area contributed by atoms with Crippen LogP contribution in [0.5, 0.6) is 0 Å². The van der Waals surface area contributed by atoms with Crippen LogP contribution >= 0.6 is 0 Å². The summed E-state index contributed by atoms with van der Waals surface area (Å²) in [5, 5.41) is 16.7. The molecule has 0 fully saturated rings. The largest absolute Gasteiger partial charge is 0.465 e. The Balaban J connectivity index is 2.30. The van der Waals surface area contributed by atoms with Crippen molar-refractivity contribution < 1.29 is 63.0 Å². The van der Waals surface area contributed by atoms with Gasteiger partial charge in [-0.15, -0.1) is 20.5 Å². The van der Waals surface area contributed by atoms with E-state index < -0.39 is 99.3 Å². The number of nitrogens with two attached hydrogens (primary N) is 2. The number of halogens is 3. The zero-order valence-corrected chi connectivity index (χ0v) is 26.1. The number of carbonyl (C=O) groups excluding carboxylic acids is 3. The highest BCUT2D eigenvalue weighted by atomic mass is 32.2. The Morgan fingerprint density at radius 1 is 0.771 bits per heavy atom. The molecule has 0 aliphatic rings. The second-order valence-corrected chi connectivity index (χ2v) is 12.0. The summed E-state index contributed by atoms with van der Waals surface area (Å²) in [5.41, 5.74) is 4.63. The Labute approximate surface area is 268 Å². The summed E-state index contributed by atoms with van der Waals surface area (Å²) in [6, 6.07) is 3.68. The summed E-state index contributed by atoms with van der Waals surface area (Å²) < 4.78 is 116. The monoisotopic (exact) mass is 717 g/mol. The lowest BCUT2D eigenvalue weighted by Gasteiger charge is -2.13. The molecule has 0 aliphatic carbocycles. The van der Waals surface area contributed by atoms with Crippen molar-refractivity contribution in [3.63, 3.8) is 0 Å². The fourth-order valence-corrected chi connectivity index (χ4v) is 4.93. The molecular weight excluding hydrogens is 695 g/mol. The van der Waals surface area contributed by atoms with Gasteiger partial charge in [0.15, 0.2) is 0 Å². The third-order valence-corrected chi connectivity index (χ3v) is 7.69. The lowest BCUT2D eigenvalue weighted by Crippen LogP contribution is -2.14. The molecule has 0 aromatic heterocycles. The molecule has 18 nitrogen and oxygen atoms in total. The van der Waals surface area contributed by atoms with E-state index in [9.17, 15) is 48.9 Å². The molecule has 3 rings (SSSR count). The number of methoxy groups -OCH3 is 2. The summed E-state index contributed by atoms with van der Waals surface area (Å²) in [6.45, 7) is 1.11. The van der Waals surface area contributed by atoms with Gasteiger partial charge in [0.1, 0.15) is 22.0 Å². The number of nitrogens with zero attached hydrogens (tertiary/aromatic N) is 4. The van der Waals surface area contributed by atoms with Crippen LogP contribution < -0.4 is 16.8 Å². The van der Waals surface area contributed by atoms with Crippen molar-refractivity contribution in [3.8, 4) is 0 Å². The number of hydrogen-bond donors (Lipinski definition) is 5. The van der Waals surface area contributed by atoms with Crippen molar-refractivity contribution in [1.29, 1.82) is 0 Å². The highest BCUT2D eigenvalue weighted by molar-refractivity contribution is 7.86. The van der Waals surface area contributed by atoms with Gasteiger partial charge in [-0.1, -0.05) is 0 Å². The molecule has 3 aromatic carbocycles. The van der Waals surface area contributed by atoms with Crippen molar-refractivity contribution in [2.45, 2.75) is 22.9 Å². The van der Waals surface area contributed by atoms with Crippen LogP contribution in [0.3, 0.4) is 0 Å². The van der Waals surface area contributed by atoms with Crippen molar-refractivity contribution in [1.82, 2.24) is 0 Å². The molecule has 256 valence electrons. The smallest absolute Gasteiger partial charge is 0.418 e. The number of esters is 2. The van der Waals surface area contributed by atoms with Gasteiger partial charge in [-0.3, -0.25) is 13.9 Å². The molecule has 48 heavy (non-hydrogen) atoms. The number of alkyl halides is 3. The first kappa shape index (κ1) is 36.9. The van der Waals surface area contributed by atoms with Gasteiger partial charge in [0, 0.05) is 6.92 Å². The summed E-state index contributed by atoms with van der Waals surface area (Å²) in [5.74, 6) is -2.69. The number of benzene rings is 3. The Kier molecular flexibility index (Phi) is 10.5. The van der Waals surface area contributed by atoms with Crippen LogP contribution in [0.4, 0.5) is 53.0 Å². The summed E-state index contributed by atoms with van der Waals surface area (Å²) >= 11 is 0. The SMILES string of the molecule is COC(=O)c1cc(NC(C)=O)c(C(=O)OC)cc1N=Nc1cc(S(=O)(=O)O)c(N)c(N=Nc2ccc(S(=O)(=O)O)cc2C(F)(F)F)c1N. The number of nitrogens with one attached hydrogen (secondary N) is 1. The van der Waals surface area contributed by atoms with Gasteiger partial charge in [0.25, 0.3) is 20.2 Å². The standard InChI is InChI=1S/C25H22F3N7O11S2/c1-10(36)31-16-7-13(24(38)46-3)17(8-12(16)23(37)45-2)33-34-18-9-19(48(42,43)44)21(30)22(20(18)29)35-32-15-5-4-11(47(39,40)41)6-14(15)25(26,27)28/h4-9H,29-30H2,1-3H3,(H,31,36)(H,39,40,41)(H,42,43,44). The molecular formula is C25H22F3N7O11S2. The molecule has 1 amide bonds. The highest BCUT2D eigenvalue weighted by Gasteiger charge is 2.35. The first-order chi connectivity index (χ1) is 22.1. The molecule has 0 saturated heterocycles. The van der Waals surface area contributed by atoms with E-state index in [0.717, 1.165) is 33.3 Å². The van der Waals surface area contributed by atoms with E-state index in [-0.39, 0.29) is 17.3 Å². The number of carbonyl (C=O) groups is 3. The van der Waals surface area contributed by atoms with Crippen molar-refractivity contribution in [2.75, 3.05) is 31.0 Å². The van der Waals surface area contributed by atoms with Crippen molar-refractivity contribution in [3.05, 3.63) is 53.1 Å². The fraction of sp³-hybridized carbons (Fsp3) is 0.160. The maximum Gasteiger partial charge on any atom is 0.418 e. The lowest BCUT2D eigenvalue weighted by atomic mass is 10.1. The summed E-state index contributed by atoms with van der Waals surface area (Å²) in [7, 11) is -8.28. The van der Waals surface area contributed by atoms with E-state index in [1.165, 1.54) is 0 Å². The predicted octanol–water partition coefficient (Wildman–Crippen LogP) is 4.73. The summed E-state index contributed by atoms with van der Waals surface area (Å²) in [4.78, 5) is 34.4. The van der Waals surface area contributed by atoms with Crippen LogP contribution in [0.1, 0.15) is 33.2 Å². The number of amides is 1. The molecule has 0 radical (unpaired) electrons. The van der Waals surface area contributed by atoms with E-state index in [1.807, 2.05) is 0 Å². The molecule has 0 atom stereocenters. The maximum atomic E-state index is 13.7. The Morgan fingerprint density at radius 2 is 1.33 bits per heavy atom. The number of rotatable bonds is 9.